The maximum Gasteiger partial charge on any atom is 0.341 e. The van der Waals surface area contributed by atoms with Gasteiger partial charge < -0.3 is 29.7 Å². The zero-order chi connectivity index (χ0) is 39.6. The molecule has 0 bridgehead atoms. The SMILES string of the molecule is CC(C)Cc1ccc(C(C)C(=O)O)cc1.Cn1c(=O)c2c(ncn2CC(O)CO)n(C)c1=O.O=C(O)COc1ccc(C(=O)c2cccs2)c(Cl)c1Cl. The number of ether oxygens (including phenoxy) is 1. The van der Waals surface area contributed by atoms with E-state index in [0.717, 1.165) is 16.6 Å². The molecule has 284 valence electrons. The van der Waals surface area contributed by atoms with Crippen molar-refractivity contribution in [3.05, 3.63) is 113 Å². The lowest BCUT2D eigenvalue weighted by molar-refractivity contribution is -0.139. The molecule has 3 heterocycles. The van der Waals surface area contributed by atoms with Crippen molar-refractivity contribution in [2.45, 2.75) is 45.8 Å². The smallest absolute Gasteiger partial charge is 0.341 e. The highest BCUT2D eigenvalue weighted by Crippen LogP contribution is 2.36. The molecule has 0 aliphatic heterocycles. The topological polar surface area (TPSA) is 203 Å². The van der Waals surface area contributed by atoms with E-state index in [2.05, 4.69) is 18.8 Å². The Kier molecular flexibility index (Phi) is 15.5. The molecular weight excluding hydrogens is 751 g/mol. The number of carboxylic acid groups (broad SMARTS) is 2. The van der Waals surface area contributed by atoms with E-state index in [-0.39, 0.29) is 44.9 Å². The van der Waals surface area contributed by atoms with Crippen LogP contribution in [0.5, 0.6) is 5.75 Å². The Bertz CT molecular complexity index is 2160. The molecule has 0 fully saturated rings. The van der Waals surface area contributed by atoms with E-state index < -0.39 is 48.4 Å². The summed E-state index contributed by atoms with van der Waals surface area (Å²) in [6, 6.07) is 14.2. The first-order valence-electron chi connectivity index (χ1n) is 16.1. The second kappa shape index (κ2) is 19.3. The highest BCUT2D eigenvalue weighted by Gasteiger charge is 2.19. The number of carbonyl (C=O) groups excluding carboxylic acids is 1. The Morgan fingerprint density at radius 3 is 2.15 bits per heavy atom. The van der Waals surface area contributed by atoms with Gasteiger partial charge in [0.15, 0.2) is 17.8 Å². The second-order valence-corrected chi connectivity index (χ2v) is 13.9. The predicted octanol–water partition coefficient (Wildman–Crippen LogP) is 4.61. The third kappa shape index (κ3) is 11.1. The zero-order valence-corrected chi connectivity index (χ0v) is 31.9. The molecule has 2 atom stereocenters. The summed E-state index contributed by atoms with van der Waals surface area (Å²) in [6.45, 7) is 5.15. The number of halogens is 2. The molecule has 0 aliphatic rings. The van der Waals surface area contributed by atoms with Crippen LogP contribution in [0.4, 0.5) is 0 Å². The fourth-order valence-corrected chi connectivity index (χ4v) is 6.01. The van der Waals surface area contributed by atoms with Crippen molar-refractivity contribution >= 4 is 63.4 Å². The van der Waals surface area contributed by atoms with Crippen LogP contribution in [0.15, 0.2) is 69.8 Å². The fourth-order valence-electron chi connectivity index (χ4n) is 4.88. The first-order chi connectivity index (χ1) is 25.0. The van der Waals surface area contributed by atoms with Gasteiger partial charge in [0, 0.05) is 19.7 Å². The van der Waals surface area contributed by atoms with Gasteiger partial charge in [-0.1, -0.05) is 67.4 Å². The number of hydrogen-bond acceptors (Lipinski definition) is 10. The number of aryl methyl sites for hydroxylation is 1. The Morgan fingerprint density at radius 2 is 1.60 bits per heavy atom. The van der Waals surface area contributed by atoms with Crippen LogP contribution in [0, 0.1) is 5.92 Å². The van der Waals surface area contributed by atoms with Gasteiger partial charge in [-0.25, -0.2) is 14.6 Å². The van der Waals surface area contributed by atoms with Crippen molar-refractivity contribution in [1.82, 2.24) is 18.7 Å². The highest BCUT2D eigenvalue weighted by atomic mass is 35.5. The zero-order valence-electron chi connectivity index (χ0n) is 29.5. The number of hydrogen-bond donors (Lipinski definition) is 4. The number of imidazole rings is 1. The van der Waals surface area contributed by atoms with E-state index in [1.807, 2.05) is 24.3 Å². The Hall–Kier alpha value is -4.80. The summed E-state index contributed by atoms with van der Waals surface area (Å²) in [5.41, 5.74) is 1.94. The van der Waals surface area contributed by atoms with Gasteiger partial charge in [0.2, 0.25) is 5.78 Å². The van der Waals surface area contributed by atoms with Crippen LogP contribution in [0.2, 0.25) is 10.0 Å². The van der Waals surface area contributed by atoms with Crippen molar-refractivity contribution in [2.75, 3.05) is 13.2 Å². The first-order valence-corrected chi connectivity index (χ1v) is 17.7. The molecule has 0 spiro atoms. The average molecular weight is 792 g/mol. The van der Waals surface area contributed by atoms with E-state index in [0.29, 0.717) is 10.8 Å². The van der Waals surface area contributed by atoms with Gasteiger partial charge in [-0.15, -0.1) is 11.3 Å². The maximum absolute atomic E-state index is 12.2. The van der Waals surface area contributed by atoms with E-state index >= 15 is 0 Å². The number of aliphatic carboxylic acids is 2. The molecule has 0 saturated heterocycles. The fraction of sp³-hybridized carbons (Fsp3) is 0.333. The van der Waals surface area contributed by atoms with Crippen molar-refractivity contribution in [1.29, 1.82) is 0 Å². The molecule has 0 radical (unpaired) electrons. The number of nitrogens with zero attached hydrogens (tertiary/aromatic N) is 4. The van der Waals surface area contributed by atoms with Crippen molar-refractivity contribution in [3.8, 4) is 5.75 Å². The van der Waals surface area contributed by atoms with Crippen LogP contribution in [-0.4, -0.2) is 76.2 Å². The summed E-state index contributed by atoms with van der Waals surface area (Å²) in [6.07, 6.45) is 1.43. The van der Waals surface area contributed by atoms with Crippen LogP contribution < -0.4 is 16.0 Å². The molecule has 53 heavy (non-hydrogen) atoms. The molecule has 17 heteroatoms. The van der Waals surface area contributed by atoms with E-state index in [4.69, 9.17) is 43.3 Å². The summed E-state index contributed by atoms with van der Waals surface area (Å²) in [7, 11) is 2.90. The van der Waals surface area contributed by atoms with Gasteiger partial charge in [0.1, 0.15) is 10.8 Å². The lowest BCUT2D eigenvalue weighted by atomic mass is 9.97. The molecule has 3 aromatic heterocycles. The summed E-state index contributed by atoms with van der Waals surface area (Å²) in [4.78, 5) is 61.6. The van der Waals surface area contributed by atoms with Gasteiger partial charge in [0.25, 0.3) is 5.56 Å². The van der Waals surface area contributed by atoms with Gasteiger partial charge in [-0.2, -0.15) is 0 Å². The molecule has 2 aromatic carbocycles. The summed E-state index contributed by atoms with van der Waals surface area (Å²) in [5.74, 6) is -1.80. The third-order valence-corrected chi connectivity index (χ3v) is 9.45. The van der Waals surface area contributed by atoms with Crippen LogP contribution in [-0.2, 0) is 36.6 Å². The van der Waals surface area contributed by atoms with E-state index in [1.165, 1.54) is 58.6 Å². The monoisotopic (exact) mass is 790 g/mol. The van der Waals surface area contributed by atoms with Gasteiger partial charge >= 0.3 is 17.6 Å². The number of aliphatic hydroxyl groups excluding tert-OH is 2. The van der Waals surface area contributed by atoms with Gasteiger partial charge in [-0.3, -0.25) is 23.5 Å². The van der Waals surface area contributed by atoms with Crippen LogP contribution in [0.3, 0.4) is 0 Å². The normalized spacial score (nSPS) is 12.0. The minimum atomic E-state index is -1.13. The number of fused-ring (bicyclic) bond motifs is 1. The lowest BCUT2D eigenvalue weighted by Gasteiger charge is -2.09. The van der Waals surface area contributed by atoms with Crippen molar-refractivity contribution in [3.63, 3.8) is 0 Å². The molecule has 5 rings (SSSR count). The molecule has 0 aliphatic carbocycles. The Labute approximate surface area is 318 Å². The molecule has 0 amide bonds. The molecular formula is C36H40Cl2N4O10S. The molecule has 4 N–H and O–H groups in total. The minimum Gasteiger partial charge on any atom is -0.481 e. The van der Waals surface area contributed by atoms with Crippen LogP contribution >= 0.6 is 34.5 Å². The average Bonchev–Trinajstić information content (AvgIpc) is 3.82. The first kappa shape index (κ1) is 42.6. The van der Waals surface area contributed by atoms with Crippen molar-refractivity contribution in [2.24, 2.45) is 20.0 Å². The molecule has 0 saturated carbocycles. The van der Waals surface area contributed by atoms with Crippen LogP contribution in [0.1, 0.15) is 53.1 Å². The maximum atomic E-state index is 12.2. The number of aromatic nitrogens is 4. The Morgan fingerprint density at radius 1 is 0.943 bits per heavy atom. The third-order valence-electron chi connectivity index (χ3n) is 7.72. The van der Waals surface area contributed by atoms with Crippen molar-refractivity contribution < 1.29 is 39.5 Å². The number of carbonyl (C=O) groups is 3. The number of thiophene rings is 1. The van der Waals surface area contributed by atoms with Crippen LogP contribution in [0.25, 0.3) is 11.2 Å². The highest BCUT2D eigenvalue weighted by molar-refractivity contribution is 7.12. The number of carboxylic acids is 2. The number of aliphatic hydroxyl groups is 2. The number of benzene rings is 2. The molecule has 5 aromatic rings. The van der Waals surface area contributed by atoms with Gasteiger partial charge in [0.05, 0.1) is 41.4 Å². The number of rotatable bonds is 12. The van der Waals surface area contributed by atoms with E-state index in [9.17, 15) is 29.1 Å². The standard InChI is InChI=1S/C13H8Cl2O4S.C13H18O2.C10H14N4O4/c14-11-7(13(18)9-2-1-5-20-9)3-4-8(12(11)15)19-6-10(16)17;1-9(2)8-11-4-6-12(7-5-11)10(3)13(14)15;1-12-8-7(9(17)13(2)10(12)18)14(5-11-8)3-6(16)4-15/h1-5H,6H2,(H,16,17);4-7,9-10H,8H2,1-3H3,(H,14,15);5-6,15-16H,3-4H2,1-2H3. The minimum absolute atomic E-state index is 0.0234. The second-order valence-electron chi connectivity index (χ2n) is 12.2. The van der Waals surface area contributed by atoms with Gasteiger partial charge in [-0.05, 0) is 54.0 Å². The number of ketones is 1. The predicted molar refractivity (Wildman–Crippen MR) is 202 cm³/mol. The molecule has 2 unspecified atom stereocenters. The quantitative estimate of drug-likeness (QED) is 0.129. The largest absolute Gasteiger partial charge is 0.481 e. The summed E-state index contributed by atoms with van der Waals surface area (Å²) < 4.78 is 8.65. The Balaban J connectivity index is 0.000000216. The van der Waals surface area contributed by atoms with E-state index in [1.54, 1.807) is 24.4 Å². The lowest BCUT2D eigenvalue weighted by Crippen LogP contribution is -2.38. The summed E-state index contributed by atoms with van der Waals surface area (Å²) >= 11 is 13.3. The molecule has 14 nitrogen and oxygen atoms in total. The summed E-state index contributed by atoms with van der Waals surface area (Å²) in [5, 5.41) is 37.5.